The highest BCUT2D eigenvalue weighted by Crippen LogP contribution is 2.17. The van der Waals surface area contributed by atoms with Crippen LogP contribution < -0.4 is 10.6 Å². The summed E-state index contributed by atoms with van der Waals surface area (Å²) in [6.07, 6.45) is 7.52. The van der Waals surface area contributed by atoms with Gasteiger partial charge in [-0.25, -0.2) is 0 Å². The second kappa shape index (κ2) is 11.1. The molecule has 2 aliphatic heterocycles. The summed E-state index contributed by atoms with van der Waals surface area (Å²) >= 11 is 0. The summed E-state index contributed by atoms with van der Waals surface area (Å²) in [5, 5.41) is 11.3. The van der Waals surface area contributed by atoms with Crippen molar-refractivity contribution in [3.05, 3.63) is 18.0 Å². The lowest BCUT2D eigenvalue weighted by Crippen LogP contribution is -2.49. The third-order valence-corrected chi connectivity index (χ3v) is 5.09. The molecule has 0 aliphatic carbocycles. The summed E-state index contributed by atoms with van der Waals surface area (Å²) in [4.78, 5) is 6.95. The van der Waals surface area contributed by atoms with E-state index in [1.165, 1.54) is 31.4 Å². The summed E-state index contributed by atoms with van der Waals surface area (Å²) < 4.78 is 7.45. The highest BCUT2D eigenvalue weighted by atomic mass is 127. The van der Waals surface area contributed by atoms with Gasteiger partial charge in [0.2, 0.25) is 0 Å². The lowest BCUT2D eigenvalue weighted by molar-refractivity contribution is 0.150. The molecule has 148 valence electrons. The van der Waals surface area contributed by atoms with Crippen molar-refractivity contribution in [3.63, 3.8) is 0 Å². The molecule has 8 heteroatoms. The fourth-order valence-electron chi connectivity index (χ4n) is 3.62. The van der Waals surface area contributed by atoms with Crippen molar-refractivity contribution in [1.29, 1.82) is 0 Å². The third-order valence-electron chi connectivity index (χ3n) is 5.09. The molecule has 26 heavy (non-hydrogen) atoms. The molecule has 1 aromatic rings. The maximum absolute atomic E-state index is 5.49. The van der Waals surface area contributed by atoms with Crippen LogP contribution in [0.2, 0.25) is 0 Å². The van der Waals surface area contributed by atoms with E-state index in [0.717, 1.165) is 51.3 Å². The molecule has 3 rings (SSSR count). The normalized spacial score (nSPS) is 22.2. The van der Waals surface area contributed by atoms with Gasteiger partial charge >= 0.3 is 0 Å². The highest BCUT2D eigenvalue weighted by molar-refractivity contribution is 14.0. The van der Waals surface area contributed by atoms with Gasteiger partial charge in [0, 0.05) is 52.1 Å². The summed E-state index contributed by atoms with van der Waals surface area (Å²) in [6, 6.07) is 0.509. The Hall–Kier alpha value is -0.870. The van der Waals surface area contributed by atoms with E-state index >= 15 is 0 Å². The topological polar surface area (TPSA) is 66.7 Å². The predicted octanol–water partition coefficient (Wildman–Crippen LogP) is 1.48. The number of nitrogens with one attached hydrogen (secondary N) is 2. The molecule has 7 nitrogen and oxygen atoms in total. The summed E-state index contributed by atoms with van der Waals surface area (Å²) in [5.41, 5.74) is 1.19. The molecular formula is C18H33IN6O. The molecule has 0 saturated carbocycles. The smallest absolute Gasteiger partial charge is 0.191 e. The first-order valence-corrected chi connectivity index (χ1v) is 9.49. The van der Waals surface area contributed by atoms with Crippen LogP contribution in [0.15, 0.2) is 17.4 Å². The van der Waals surface area contributed by atoms with E-state index < -0.39 is 0 Å². The van der Waals surface area contributed by atoms with Gasteiger partial charge in [0.25, 0.3) is 0 Å². The number of aromatic nitrogens is 2. The molecule has 1 aromatic heterocycles. The quantitative estimate of drug-likeness (QED) is 0.370. The highest BCUT2D eigenvalue weighted by Gasteiger charge is 2.24. The molecule has 2 saturated heterocycles. The minimum Gasteiger partial charge on any atom is -0.381 e. The fraction of sp³-hybridized carbons (Fsp3) is 0.778. The number of piperidine rings is 1. The Morgan fingerprint density at radius 2 is 2.15 bits per heavy atom. The van der Waals surface area contributed by atoms with Crippen molar-refractivity contribution in [3.8, 4) is 0 Å². The van der Waals surface area contributed by atoms with Gasteiger partial charge in [-0.05, 0) is 37.7 Å². The van der Waals surface area contributed by atoms with Gasteiger partial charge in [0.15, 0.2) is 5.96 Å². The molecule has 3 heterocycles. The van der Waals surface area contributed by atoms with Gasteiger partial charge in [0.05, 0.1) is 19.3 Å². The molecule has 2 aliphatic rings. The molecule has 0 spiro atoms. The number of rotatable bonds is 6. The van der Waals surface area contributed by atoms with Crippen molar-refractivity contribution in [1.82, 2.24) is 25.3 Å². The number of ether oxygens (including phenoxy) is 1. The SMILES string of the molecule is CN=C(NCCn1cc(C)cn1)NC1CCN(CC2CCOC2)CC1.I. The van der Waals surface area contributed by atoms with Gasteiger partial charge in [-0.2, -0.15) is 5.10 Å². The van der Waals surface area contributed by atoms with Gasteiger partial charge in [-0.3, -0.25) is 9.67 Å². The van der Waals surface area contributed by atoms with Crippen molar-refractivity contribution in [2.24, 2.45) is 10.9 Å². The first-order valence-electron chi connectivity index (χ1n) is 9.49. The first-order chi connectivity index (χ1) is 12.2. The number of likely N-dealkylation sites (tertiary alicyclic amines) is 1. The lowest BCUT2D eigenvalue weighted by atomic mass is 10.0. The number of nitrogens with zero attached hydrogens (tertiary/aromatic N) is 4. The molecule has 2 fully saturated rings. The maximum atomic E-state index is 5.49. The van der Waals surface area contributed by atoms with Crippen LogP contribution in [0.25, 0.3) is 0 Å². The van der Waals surface area contributed by atoms with Crippen LogP contribution in [0.1, 0.15) is 24.8 Å². The third kappa shape index (κ3) is 6.70. The molecule has 0 aromatic carbocycles. The van der Waals surface area contributed by atoms with E-state index in [0.29, 0.717) is 6.04 Å². The fourth-order valence-corrected chi connectivity index (χ4v) is 3.62. The zero-order chi connectivity index (χ0) is 17.5. The minimum absolute atomic E-state index is 0. The van der Waals surface area contributed by atoms with Crippen molar-refractivity contribution in [2.75, 3.05) is 46.4 Å². The largest absolute Gasteiger partial charge is 0.381 e. The van der Waals surface area contributed by atoms with Gasteiger partial charge < -0.3 is 20.3 Å². The Balaban J connectivity index is 0.00000243. The van der Waals surface area contributed by atoms with E-state index in [2.05, 4.69) is 38.7 Å². The monoisotopic (exact) mass is 476 g/mol. The zero-order valence-corrected chi connectivity index (χ0v) is 18.3. The van der Waals surface area contributed by atoms with Crippen molar-refractivity contribution < 1.29 is 4.74 Å². The van der Waals surface area contributed by atoms with Gasteiger partial charge in [-0.15, -0.1) is 24.0 Å². The van der Waals surface area contributed by atoms with E-state index in [1.54, 1.807) is 0 Å². The Labute approximate surface area is 174 Å². The summed E-state index contributed by atoms with van der Waals surface area (Å²) in [6.45, 7) is 9.15. The van der Waals surface area contributed by atoms with Crippen LogP contribution in [0.4, 0.5) is 0 Å². The molecule has 0 radical (unpaired) electrons. The second-order valence-corrected chi connectivity index (χ2v) is 7.23. The Morgan fingerprint density at radius 1 is 1.35 bits per heavy atom. The van der Waals surface area contributed by atoms with E-state index in [1.807, 2.05) is 17.9 Å². The molecule has 2 N–H and O–H groups in total. The van der Waals surface area contributed by atoms with E-state index in [9.17, 15) is 0 Å². The minimum atomic E-state index is 0. The average molecular weight is 476 g/mol. The molecule has 1 atom stereocenters. The van der Waals surface area contributed by atoms with Crippen molar-refractivity contribution in [2.45, 2.75) is 38.8 Å². The number of aryl methyl sites for hydroxylation is 1. The zero-order valence-electron chi connectivity index (χ0n) is 16.0. The molecule has 0 amide bonds. The van der Waals surface area contributed by atoms with E-state index in [-0.39, 0.29) is 24.0 Å². The summed E-state index contributed by atoms with van der Waals surface area (Å²) in [5.74, 6) is 1.64. The molecule has 0 bridgehead atoms. The number of hydrogen-bond donors (Lipinski definition) is 2. The number of hydrogen-bond acceptors (Lipinski definition) is 4. The van der Waals surface area contributed by atoms with Crippen LogP contribution in [0, 0.1) is 12.8 Å². The Kier molecular flexibility index (Phi) is 9.13. The van der Waals surface area contributed by atoms with E-state index in [4.69, 9.17) is 4.74 Å². The van der Waals surface area contributed by atoms with Crippen LogP contribution in [0.5, 0.6) is 0 Å². The van der Waals surface area contributed by atoms with Crippen LogP contribution in [0.3, 0.4) is 0 Å². The maximum Gasteiger partial charge on any atom is 0.191 e. The average Bonchev–Trinajstić information content (AvgIpc) is 3.27. The van der Waals surface area contributed by atoms with Crippen LogP contribution in [-0.2, 0) is 11.3 Å². The number of guanidine groups is 1. The van der Waals surface area contributed by atoms with Gasteiger partial charge in [0.1, 0.15) is 0 Å². The molecular weight excluding hydrogens is 443 g/mol. The molecule has 1 unspecified atom stereocenters. The van der Waals surface area contributed by atoms with Crippen LogP contribution >= 0.6 is 24.0 Å². The van der Waals surface area contributed by atoms with Gasteiger partial charge in [-0.1, -0.05) is 0 Å². The van der Waals surface area contributed by atoms with Crippen LogP contribution in [-0.4, -0.2) is 73.1 Å². The number of halogens is 1. The summed E-state index contributed by atoms with van der Waals surface area (Å²) in [7, 11) is 1.84. The first kappa shape index (κ1) is 21.4. The lowest BCUT2D eigenvalue weighted by Gasteiger charge is -2.34. The Morgan fingerprint density at radius 3 is 2.77 bits per heavy atom. The van der Waals surface area contributed by atoms with Crippen molar-refractivity contribution >= 4 is 29.9 Å². The Bertz CT molecular complexity index is 550. The predicted molar refractivity (Wildman–Crippen MR) is 115 cm³/mol. The standard InChI is InChI=1S/C18H32N6O.HI/c1-15-11-21-24(12-15)9-6-20-18(19-2)22-17-3-7-23(8-4-17)13-16-5-10-25-14-16;/h11-12,16-17H,3-10,13-14H2,1-2H3,(H2,19,20,22);1H. The number of aliphatic imine (C=N–C) groups is 1. The second-order valence-electron chi connectivity index (χ2n) is 7.23.